The second kappa shape index (κ2) is 9.74. The van der Waals surface area contributed by atoms with Gasteiger partial charge in [-0.15, -0.1) is 0 Å². The zero-order chi connectivity index (χ0) is 20.9. The number of hydrogen-bond acceptors (Lipinski definition) is 4. The van der Waals surface area contributed by atoms with E-state index >= 15 is 0 Å². The van der Waals surface area contributed by atoms with Crippen molar-refractivity contribution in [3.05, 3.63) is 34.9 Å². The highest BCUT2D eigenvalue weighted by Gasteiger charge is 2.40. The molecule has 0 radical (unpaired) electrons. The van der Waals surface area contributed by atoms with E-state index in [4.69, 9.17) is 16.7 Å². The summed E-state index contributed by atoms with van der Waals surface area (Å²) in [6, 6.07) is 6.83. The molecule has 0 spiro atoms. The van der Waals surface area contributed by atoms with Gasteiger partial charge in [0.25, 0.3) is 0 Å². The Morgan fingerprint density at radius 3 is 2.43 bits per heavy atom. The molecule has 1 amide bonds. The van der Waals surface area contributed by atoms with Crippen LogP contribution in [0, 0.1) is 5.92 Å². The maximum absolute atomic E-state index is 13.2. The zero-order valence-electron chi connectivity index (χ0n) is 16.3. The molecule has 3 atom stereocenters. The van der Waals surface area contributed by atoms with Crippen molar-refractivity contribution in [2.75, 3.05) is 11.5 Å². The number of carbonyl (C=O) groups excluding carboxylic acids is 1. The van der Waals surface area contributed by atoms with E-state index in [1.165, 1.54) is 0 Å². The fraction of sp³-hybridized carbons (Fsp3) is 0.600. The molecule has 156 valence electrons. The van der Waals surface area contributed by atoms with E-state index < -0.39 is 21.7 Å². The van der Waals surface area contributed by atoms with Gasteiger partial charge in [-0.25, -0.2) is 8.42 Å². The molecule has 1 aromatic carbocycles. The largest absolute Gasteiger partial charge is 0.481 e. The molecular weight excluding hydrogens is 402 g/mol. The fourth-order valence-corrected chi connectivity index (χ4v) is 4.88. The molecule has 8 heteroatoms. The third kappa shape index (κ3) is 5.70. The number of nitrogens with zero attached hydrogens (tertiary/aromatic N) is 1. The maximum atomic E-state index is 13.2. The summed E-state index contributed by atoms with van der Waals surface area (Å²) in [4.78, 5) is 26.1. The highest BCUT2D eigenvalue weighted by Crippen LogP contribution is 2.38. The highest BCUT2D eigenvalue weighted by atomic mass is 35.5. The molecule has 0 aliphatic carbocycles. The van der Waals surface area contributed by atoms with Crippen molar-refractivity contribution in [1.29, 1.82) is 0 Å². The van der Waals surface area contributed by atoms with Gasteiger partial charge in [-0.2, -0.15) is 0 Å². The standard InChI is InChI=1S/C20H28ClNO5S/c1-3-17(11-12-28(26,27)4-2)22-18(14-5-8-16(21)9-6-14)10-7-15(20(22)25)13-19(23)24/h5-6,8-9,15,17-18H,3-4,7,10-13H2,1-2H3,(H,23,24). The van der Waals surface area contributed by atoms with Gasteiger partial charge in [0, 0.05) is 22.7 Å². The van der Waals surface area contributed by atoms with Crippen LogP contribution in [-0.2, 0) is 19.4 Å². The summed E-state index contributed by atoms with van der Waals surface area (Å²) in [5.74, 6) is -1.68. The monoisotopic (exact) mass is 429 g/mol. The van der Waals surface area contributed by atoms with Crippen molar-refractivity contribution in [2.45, 2.75) is 58.0 Å². The Morgan fingerprint density at radius 2 is 1.89 bits per heavy atom. The molecule has 1 aromatic rings. The van der Waals surface area contributed by atoms with E-state index in [2.05, 4.69) is 0 Å². The molecule has 2 rings (SSSR count). The first-order chi connectivity index (χ1) is 13.2. The Hall–Kier alpha value is -1.60. The predicted octanol–water partition coefficient (Wildman–Crippen LogP) is 3.70. The first-order valence-corrected chi connectivity index (χ1v) is 11.9. The van der Waals surface area contributed by atoms with Crippen molar-refractivity contribution >= 4 is 33.3 Å². The fourth-order valence-electron chi connectivity index (χ4n) is 3.83. The lowest BCUT2D eigenvalue weighted by atomic mass is 9.84. The first kappa shape index (κ1) is 22.7. The van der Waals surface area contributed by atoms with E-state index in [1.807, 2.05) is 19.1 Å². The predicted molar refractivity (Wildman–Crippen MR) is 109 cm³/mol. The maximum Gasteiger partial charge on any atom is 0.304 e. The first-order valence-electron chi connectivity index (χ1n) is 9.68. The molecule has 0 aromatic heterocycles. The average Bonchev–Trinajstić information content (AvgIpc) is 2.65. The van der Waals surface area contributed by atoms with Gasteiger partial charge in [-0.3, -0.25) is 9.59 Å². The van der Waals surface area contributed by atoms with Crippen LogP contribution in [0.5, 0.6) is 0 Å². The quantitative estimate of drug-likeness (QED) is 0.646. The minimum Gasteiger partial charge on any atom is -0.481 e. The molecule has 1 aliphatic rings. The molecule has 0 saturated carbocycles. The summed E-state index contributed by atoms with van der Waals surface area (Å²) >= 11 is 5.99. The lowest BCUT2D eigenvalue weighted by molar-refractivity contribution is -0.151. The number of carboxylic acid groups (broad SMARTS) is 1. The number of benzene rings is 1. The summed E-state index contributed by atoms with van der Waals surface area (Å²) < 4.78 is 24.0. The van der Waals surface area contributed by atoms with Gasteiger partial charge in [-0.05, 0) is 43.4 Å². The van der Waals surface area contributed by atoms with Crippen LogP contribution in [0.2, 0.25) is 5.02 Å². The molecule has 1 heterocycles. The molecular formula is C20H28ClNO5S. The van der Waals surface area contributed by atoms with E-state index in [9.17, 15) is 18.0 Å². The van der Waals surface area contributed by atoms with Crippen LogP contribution in [0.4, 0.5) is 0 Å². The number of sulfone groups is 1. The van der Waals surface area contributed by atoms with Gasteiger partial charge in [0.1, 0.15) is 9.84 Å². The average molecular weight is 430 g/mol. The van der Waals surface area contributed by atoms with Gasteiger partial charge < -0.3 is 10.0 Å². The number of rotatable bonds is 9. The topological polar surface area (TPSA) is 91.8 Å². The minimum absolute atomic E-state index is 0.0166. The van der Waals surface area contributed by atoms with Gasteiger partial charge in [0.15, 0.2) is 0 Å². The Bertz CT molecular complexity index is 793. The smallest absolute Gasteiger partial charge is 0.304 e. The highest BCUT2D eigenvalue weighted by molar-refractivity contribution is 7.91. The molecule has 1 N–H and O–H groups in total. The van der Waals surface area contributed by atoms with Gasteiger partial charge in [0.2, 0.25) is 5.91 Å². The Kier molecular flexibility index (Phi) is 7.89. The van der Waals surface area contributed by atoms with Crippen molar-refractivity contribution in [2.24, 2.45) is 5.92 Å². The van der Waals surface area contributed by atoms with E-state index in [0.717, 1.165) is 5.56 Å². The van der Waals surface area contributed by atoms with Gasteiger partial charge in [0.05, 0.1) is 18.2 Å². The van der Waals surface area contributed by atoms with E-state index in [0.29, 0.717) is 30.7 Å². The lowest BCUT2D eigenvalue weighted by Gasteiger charge is -2.44. The summed E-state index contributed by atoms with van der Waals surface area (Å²) in [6.07, 6.45) is 1.89. The Morgan fingerprint density at radius 1 is 1.25 bits per heavy atom. The molecule has 1 fully saturated rings. The summed E-state index contributed by atoms with van der Waals surface area (Å²) in [6.45, 7) is 3.54. The SMILES string of the molecule is CCC(CCS(=O)(=O)CC)N1C(=O)C(CC(=O)O)CCC1c1ccc(Cl)cc1. The summed E-state index contributed by atoms with van der Waals surface area (Å²) in [5.41, 5.74) is 0.934. The molecule has 1 aliphatic heterocycles. The molecule has 1 saturated heterocycles. The number of likely N-dealkylation sites (tertiary alicyclic amines) is 1. The van der Waals surface area contributed by atoms with Crippen LogP contribution in [0.25, 0.3) is 0 Å². The van der Waals surface area contributed by atoms with Crippen molar-refractivity contribution < 1.29 is 23.1 Å². The molecule has 3 unspecified atom stereocenters. The number of halogens is 1. The van der Waals surface area contributed by atoms with Crippen LogP contribution in [0.15, 0.2) is 24.3 Å². The molecule has 0 bridgehead atoms. The van der Waals surface area contributed by atoms with Crippen molar-refractivity contribution in [1.82, 2.24) is 4.90 Å². The molecule has 6 nitrogen and oxygen atoms in total. The van der Waals surface area contributed by atoms with E-state index in [1.54, 1.807) is 24.0 Å². The summed E-state index contributed by atoms with van der Waals surface area (Å²) in [7, 11) is -3.15. The number of aliphatic carboxylic acids is 1. The van der Waals surface area contributed by atoms with E-state index in [-0.39, 0.29) is 35.9 Å². The van der Waals surface area contributed by atoms with Crippen molar-refractivity contribution in [3.63, 3.8) is 0 Å². The number of carbonyl (C=O) groups is 2. The number of amides is 1. The third-order valence-electron chi connectivity index (χ3n) is 5.47. The summed E-state index contributed by atoms with van der Waals surface area (Å²) in [5, 5.41) is 9.76. The molecule has 28 heavy (non-hydrogen) atoms. The normalized spacial score (nSPS) is 21.5. The number of hydrogen-bond donors (Lipinski definition) is 1. The van der Waals surface area contributed by atoms with Crippen LogP contribution in [-0.4, -0.2) is 47.8 Å². The van der Waals surface area contributed by atoms with Crippen LogP contribution < -0.4 is 0 Å². The second-order valence-electron chi connectivity index (χ2n) is 7.27. The second-order valence-corrected chi connectivity index (χ2v) is 10.2. The van der Waals surface area contributed by atoms with Crippen LogP contribution in [0.3, 0.4) is 0 Å². The number of piperidine rings is 1. The van der Waals surface area contributed by atoms with Gasteiger partial charge >= 0.3 is 5.97 Å². The zero-order valence-corrected chi connectivity index (χ0v) is 17.9. The van der Waals surface area contributed by atoms with Gasteiger partial charge in [-0.1, -0.05) is 37.6 Å². The Balaban J connectivity index is 2.33. The van der Waals surface area contributed by atoms with Crippen LogP contribution in [0.1, 0.15) is 57.6 Å². The Labute approximate surface area is 171 Å². The van der Waals surface area contributed by atoms with Crippen molar-refractivity contribution in [3.8, 4) is 0 Å². The lowest BCUT2D eigenvalue weighted by Crippen LogP contribution is -2.49. The van der Waals surface area contributed by atoms with Crippen LogP contribution >= 0.6 is 11.6 Å². The third-order valence-corrected chi connectivity index (χ3v) is 7.46. The number of carboxylic acids is 1. The minimum atomic E-state index is -3.15.